The molecule has 3 aromatic rings. The molecule has 1 fully saturated rings. The van der Waals surface area contributed by atoms with Crippen molar-refractivity contribution in [2.24, 2.45) is 5.73 Å². The first kappa shape index (κ1) is 19.8. The number of aromatic nitrogens is 2. The number of hydrogen-bond acceptors (Lipinski definition) is 7. The molecule has 2 N–H and O–H groups in total. The number of nitrogens with two attached hydrogens (primary N) is 1. The Hall–Kier alpha value is -2.55. The van der Waals surface area contributed by atoms with Crippen LogP contribution in [0, 0.1) is 0 Å². The van der Waals surface area contributed by atoms with E-state index in [2.05, 4.69) is 44.3 Å². The molecule has 1 amide bonds. The van der Waals surface area contributed by atoms with Crippen LogP contribution in [0.1, 0.15) is 5.82 Å². The van der Waals surface area contributed by atoms with E-state index in [1.165, 1.54) is 11.1 Å². The number of hydrogen-bond donors (Lipinski definition) is 1. The van der Waals surface area contributed by atoms with Crippen LogP contribution in [0.2, 0.25) is 0 Å². The molecule has 4 rings (SSSR count). The summed E-state index contributed by atoms with van der Waals surface area (Å²) < 4.78 is 0. The van der Waals surface area contributed by atoms with Crippen molar-refractivity contribution in [3.8, 4) is 11.1 Å². The van der Waals surface area contributed by atoms with Gasteiger partial charge in [0.1, 0.15) is 16.5 Å². The highest BCUT2D eigenvalue weighted by Gasteiger charge is 2.24. The maximum absolute atomic E-state index is 11.3. The van der Waals surface area contributed by atoms with Crippen LogP contribution in [0.3, 0.4) is 0 Å². The van der Waals surface area contributed by atoms with Crippen molar-refractivity contribution in [3.05, 3.63) is 41.5 Å². The van der Waals surface area contributed by atoms with Gasteiger partial charge in [0, 0.05) is 37.1 Å². The van der Waals surface area contributed by atoms with E-state index in [1.54, 1.807) is 11.3 Å². The SMILES string of the molecule is CN(C)Cc1nc(N2CCN(CC(N)=O)CC2)c2c(-c3ccccc3)csc2n1. The Kier molecular flexibility index (Phi) is 5.75. The highest BCUT2D eigenvalue weighted by atomic mass is 32.1. The molecule has 3 heterocycles. The molecular weight excluding hydrogens is 384 g/mol. The number of fused-ring (bicyclic) bond motifs is 1. The number of carbonyl (C=O) groups is 1. The van der Waals surface area contributed by atoms with E-state index < -0.39 is 0 Å². The molecule has 1 aliphatic rings. The molecule has 7 nitrogen and oxygen atoms in total. The summed E-state index contributed by atoms with van der Waals surface area (Å²) in [5.74, 6) is 1.55. The third kappa shape index (κ3) is 4.39. The Morgan fingerprint density at radius 3 is 2.52 bits per heavy atom. The molecule has 152 valence electrons. The van der Waals surface area contributed by atoms with Gasteiger partial charge in [-0.2, -0.15) is 0 Å². The van der Waals surface area contributed by atoms with Gasteiger partial charge in [-0.15, -0.1) is 11.3 Å². The minimum absolute atomic E-state index is 0.277. The number of benzene rings is 1. The standard InChI is InChI=1S/C21H26N6OS/c1-25(2)13-18-23-20(27-10-8-26(9-11-27)12-17(22)28)19-16(14-29-21(19)24-18)15-6-4-3-5-7-15/h3-7,14H,8-13H2,1-2H3,(H2,22,28). The number of carbonyl (C=O) groups excluding carboxylic acids is 1. The van der Waals surface area contributed by atoms with Gasteiger partial charge in [-0.05, 0) is 19.7 Å². The van der Waals surface area contributed by atoms with E-state index in [0.717, 1.165) is 48.0 Å². The molecule has 0 bridgehead atoms. The lowest BCUT2D eigenvalue weighted by Crippen LogP contribution is -2.49. The topological polar surface area (TPSA) is 78.6 Å². The van der Waals surface area contributed by atoms with Crippen LogP contribution < -0.4 is 10.6 Å². The number of anilines is 1. The summed E-state index contributed by atoms with van der Waals surface area (Å²) in [5, 5.41) is 3.30. The molecule has 0 spiro atoms. The highest BCUT2D eigenvalue weighted by molar-refractivity contribution is 7.17. The number of amides is 1. The van der Waals surface area contributed by atoms with Crippen molar-refractivity contribution >= 4 is 33.3 Å². The summed E-state index contributed by atoms with van der Waals surface area (Å²) in [6, 6.07) is 10.4. The number of primary amides is 1. The quantitative estimate of drug-likeness (QED) is 0.670. The van der Waals surface area contributed by atoms with Crippen molar-refractivity contribution in [3.63, 3.8) is 0 Å². The minimum atomic E-state index is -0.277. The van der Waals surface area contributed by atoms with Crippen molar-refractivity contribution in [1.29, 1.82) is 0 Å². The van der Waals surface area contributed by atoms with Gasteiger partial charge >= 0.3 is 0 Å². The van der Waals surface area contributed by atoms with Crippen LogP contribution in [-0.2, 0) is 11.3 Å². The predicted octanol–water partition coefficient (Wildman–Crippen LogP) is 2.03. The van der Waals surface area contributed by atoms with Crippen LogP contribution in [0.15, 0.2) is 35.7 Å². The molecule has 0 atom stereocenters. The van der Waals surface area contributed by atoms with Gasteiger partial charge in [-0.25, -0.2) is 9.97 Å². The summed E-state index contributed by atoms with van der Waals surface area (Å²) in [6.07, 6.45) is 0. The lowest BCUT2D eigenvalue weighted by molar-refractivity contribution is -0.119. The van der Waals surface area contributed by atoms with E-state index in [1.807, 2.05) is 20.2 Å². The van der Waals surface area contributed by atoms with Crippen LogP contribution in [-0.4, -0.2) is 72.5 Å². The smallest absolute Gasteiger partial charge is 0.231 e. The average molecular weight is 411 g/mol. The number of piperazine rings is 1. The summed E-state index contributed by atoms with van der Waals surface area (Å²) >= 11 is 1.67. The Morgan fingerprint density at radius 2 is 1.86 bits per heavy atom. The Morgan fingerprint density at radius 1 is 1.14 bits per heavy atom. The molecule has 1 aromatic carbocycles. The Labute approximate surface area is 174 Å². The van der Waals surface area contributed by atoms with E-state index in [0.29, 0.717) is 13.1 Å². The van der Waals surface area contributed by atoms with Gasteiger partial charge in [0.05, 0.1) is 18.5 Å². The van der Waals surface area contributed by atoms with Gasteiger partial charge in [0.25, 0.3) is 0 Å². The van der Waals surface area contributed by atoms with E-state index >= 15 is 0 Å². The maximum Gasteiger partial charge on any atom is 0.231 e. The second-order valence-electron chi connectivity index (χ2n) is 7.63. The first-order valence-corrected chi connectivity index (χ1v) is 10.6. The van der Waals surface area contributed by atoms with Crippen LogP contribution in [0.4, 0.5) is 5.82 Å². The van der Waals surface area contributed by atoms with E-state index in [-0.39, 0.29) is 5.91 Å². The third-order valence-corrected chi connectivity index (χ3v) is 5.93. The predicted molar refractivity (Wildman–Crippen MR) is 118 cm³/mol. The summed E-state index contributed by atoms with van der Waals surface area (Å²) in [4.78, 5) is 28.6. The lowest BCUT2D eigenvalue weighted by atomic mass is 10.1. The van der Waals surface area contributed by atoms with E-state index in [4.69, 9.17) is 15.7 Å². The Bertz CT molecular complexity index is 995. The number of thiophene rings is 1. The van der Waals surface area contributed by atoms with E-state index in [9.17, 15) is 4.79 Å². The molecular formula is C21H26N6OS. The van der Waals surface area contributed by atoms with Gasteiger partial charge in [-0.3, -0.25) is 9.69 Å². The molecule has 8 heteroatoms. The zero-order valence-corrected chi connectivity index (χ0v) is 17.7. The van der Waals surface area contributed by atoms with Crippen LogP contribution >= 0.6 is 11.3 Å². The molecule has 0 unspecified atom stereocenters. The van der Waals surface area contributed by atoms with Crippen molar-refractivity contribution in [2.75, 3.05) is 51.7 Å². The first-order valence-electron chi connectivity index (χ1n) is 9.75. The van der Waals surface area contributed by atoms with Crippen molar-refractivity contribution in [1.82, 2.24) is 19.8 Å². The second kappa shape index (κ2) is 8.44. The molecule has 1 aliphatic heterocycles. The summed E-state index contributed by atoms with van der Waals surface area (Å²) in [6.45, 7) is 4.22. The fourth-order valence-electron chi connectivity index (χ4n) is 3.72. The highest BCUT2D eigenvalue weighted by Crippen LogP contribution is 2.38. The molecule has 29 heavy (non-hydrogen) atoms. The Balaban J connectivity index is 1.74. The van der Waals surface area contributed by atoms with Crippen molar-refractivity contribution in [2.45, 2.75) is 6.54 Å². The van der Waals surface area contributed by atoms with Crippen LogP contribution in [0.25, 0.3) is 21.3 Å². The average Bonchev–Trinajstić information content (AvgIpc) is 3.12. The fourth-order valence-corrected chi connectivity index (χ4v) is 4.68. The maximum atomic E-state index is 11.3. The van der Waals surface area contributed by atoms with Gasteiger partial charge < -0.3 is 15.5 Å². The molecule has 0 aliphatic carbocycles. The number of nitrogens with zero attached hydrogens (tertiary/aromatic N) is 5. The van der Waals surface area contributed by atoms with Gasteiger partial charge in [-0.1, -0.05) is 30.3 Å². The van der Waals surface area contributed by atoms with Gasteiger partial charge in [0.2, 0.25) is 5.91 Å². The summed E-state index contributed by atoms with van der Waals surface area (Å²) in [7, 11) is 4.05. The zero-order valence-electron chi connectivity index (χ0n) is 16.8. The minimum Gasteiger partial charge on any atom is -0.369 e. The number of rotatable bonds is 6. The zero-order chi connectivity index (χ0) is 20.4. The van der Waals surface area contributed by atoms with Crippen molar-refractivity contribution < 1.29 is 4.79 Å². The molecule has 2 aromatic heterocycles. The van der Waals surface area contributed by atoms with Crippen LogP contribution in [0.5, 0.6) is 0 Å². The second-order valence-corrected chi connectivity index (χ2v) is 8.48. The monoisotopic (exact) mass is 410 g/mol. The largest absolute Gasteiger partial charge is 0.369 e. The lowest BCUT2D eigenvalue weighted by Gasteiger charge is -2.35. The molecule has 0 saturated carbocycles. The van der Waals surface area contributed by atoms with Gasteiger partial charge in [0.15, 0.2) is 0 Å². The third-order valence-electron chi connectivity index (χ3n) is 5.05. The molecule has 0 radical (unpaired) electrons. The summed E-state index contributed by atoms with van der Waals surface area (Å²) in [5.41, 5.74) is 7.72. The fraction of sp³-hybridized carbons (Fsp3) is 0.381. The normalized spacial score (nSPS) is 15.3. The first-order chi connectivity index (χ1) is 14.0. The molecule has 1 saturated heterocycles.